The van der Waals surface area contributed by atoms with Crippen molar-refractivity contribution in [2.75, 3.05) is 7.05 Å². The molecule has 0 atom stereocenters. The van der Waals surface area contributed by atoms with Crippen LogP contribution >= 0.6 is 0 Å². The normalized spacial score (nSPS) is 11.8. The molecule has 0 bridgehead atoms. The molecule has 0 aliphatic rings. The Morgan fingerprint density at radius 1 is 1.28 bits per heavy atom. The van der Waals surface area contributed by atoms with E-state index < -0.39 is 11.7 Å². The number of aromatic amines is 1. The standard InChI is InChI=1S/C12H12F3N3/c1-16-7-8-6-11(18-17-8)9-4-2-3-5-10(9)12(13,14)15/h2-6,16H,7H2,1H3,(H,17,18). The van der Waals surface area contributed by atoms with Gasteiger partial charge in [0.25, 0.3) is 0 Å². The van der Waals surface area contributed by atoms with E-state index in [2.05, 4.69) is 15.5 Å². The van der Waals surface area contributed by atoms with Crippen LogP contribution in [0.3, 0.4) is 0 Å². The molecule has 96 valence electrons. The van der Waals surface area contributed by atoms with Crippen molar-refractivity contribution in [3.63, 3.8) is 0 Å². The first-order chi connectivity index (χ1) is 8.52. The van der Waals surface area contributed by atoms with Gasteiger partial charge in [0.05, 0.1) is 11.3 Å². The Bertz CT molecular complexity index is 531. The molecule has 2 aromatic rings. The number of rotatable bonds is 3. The fourth-order valence-corrected chi connectivity index (χ4v) is 1.73. The lowest BCUT2D eigenvalue weighted by Crippen LogP contribution is -2.06. The second-order valence-electron chi connectivity index (χ2n) is 3.85. The van der Waals surface area contributed by atoms with Crippen LogP contribution in [0.2, 0.25) is 0 Å². The third kappa shape index (κ3) is 2.53. The van der Waals surface area contributed by atoms with E-state index in [1.165, 1.54) is 12.1 Å². The molecule has 0 saturated carbocycles. The van der Waals surface area contributed by atoms with Gasteiger partial charge in [0.15, 0.2) is 0 Å². The summed E-state index contributed by atoms with van der Waals surface area (Å²) in [7, 11) is 1.75. The highest BCUT2D eigenvalue weighted by molar-refractivity contribution is 5.64. The predicted octanol–water partition coefficient (Wildman–Crippen LogP) is 2.81. The zero-order chi connectivity index (χ0) is 13.2. The van der Waals surface area contributed by atoms with Gasteiger partial charge in [0, 0.05) is 17.8 Å². The smallest absolute Gasteiger partial charge is 0.314 e. The molecule has 0 aliphatic heterocycles. The zero-order valence-corrected chi connectivity index (χ0v) is 9.67. The van der Waals surface area contributed by atoms with Crippen LogP contribution in [0.1, 0.15) is 11.3 Å². The summed E-state index contributed by atoms with van der Waals surface area (Å²) in [6.07, 6.45) is -4.38. The van der Waals surface area contributed by atoms with Crippen molar-refractivity contribution in [1.82, 2.24) is 15.5 Å². The minimum atomic E-state index is -4.38. The van der Waals surface area contributed by atoms with E-state index in [9.17, 15) is 13.2 Å². The van der Waals surface area contributed by atoms with Gasteiger partial charge in [0.2, 0.25) is 0 Å². The number of hydrogen-bond acceptors (Lipinski definition) is 2. The molecule has 0 spiro atoms. The minimum absolute atomic E-state index is 0.0867. The van der Waals surface area contributed by atoms with Crippen LogP contribution in [0.25, 0.3) is 11.3 Å². The number of aromatic nitrogens is 2. The van der Waals surface area contributed by atoms with E-state index in [4.69, 9.17) is 0 Å². The fourth-order valence-electron chi connectivity index (χ4n) is 1.73. The van der Waals surface area contributed by atoms with Gasteiger partial charge < -0.3 is 5.32 Å². The van der Waals surface area contributed by atoms with Crippen molar-refractivity contribution in [3.8, 4) is 11.3 Å². The van der Waals surface area contributed by atoms with Crippen molar-refractivity contribution in [2.24, 2.45) is 0 Å². The number of nitrogens with one attached hydrogen (secondary N) is 2. The molecule has 18 heavy (non-hydrogen) atoms. The lowest BCUT2D eigenvalue weighted by atomic mass is 10.0. The first-order valence-corrected chi connectivity index (χ1v) is 5.38. The van der Waals surface area contributed by atoms with Gasteiger partial charge in [-0.15, -0.1) is 0 Å². The Kier molecular flexibility index (Phi) is 3.38. The van der Waals surface area contributed by atoms with E-state index in [0.29, 0.717) is 12.2 Å². The summed E-state index contributed by atoms with van der Waals surface area (Å²) in [5.41, 5.74) is 0.453. The zero-order valence-electron chi connectivity index (χ0n) is 9.67. The van der Waals surface area contributed by atoms with Crippen molar-refractivity contribution >= 4 is 0 Å². The Morgan fingerprint density at radius 3 is 2.67 bits per heavy atom. The van der Waals surface area contributed by atoms with Crippen LogP contribution in [0.15, 0.2) is 30.3 Å². The number of nitrogens with zero attached hydrogens (tertiary/aromatic N) is 1. The van der Waals surface area contributed by atoms with E-state index in [0.717, 1.165) is 11.8 Å². The van der Waals surface area contributed by atoms with E-state index in [1.807, 2.05) is 0 Å². The van der Waals surface area contributed by atoms with Crippen LogP contribution in [-0.4, -0.2) is 17.2 Å². The second kappa shape index (κ2) is 4.81. The van der Waals surface area contributed by atoms with Gasteiger partial charge in [-0.3, -0.25) is 5.10 Å². The van der Waals surface area contributed by atoms with E-state index >= 15 is 0 Å². The molecule has 1 aromatic carbocycles. The van der Waals surface area contributed by atoms with Crippen molar-refractivity contribution < 1.29 is 13.2 Å². The summed E-state index contributed by atoms with van der Waals surface area (Å²) in [6, 6.07) is 7.02. The largest absolute Gasteiger partial charge is 0.417 e. The topological polar surface area (TPSA) is 40.7 Å². The molecule has 6 heteroatoms. The minimum Gasteiger partial charge on any atom is -0.314 e. The first kappa shape index (κ1) is 12.6. The summed E-state index contributed by atoms with van der Waals surface area (Å²) in [4.78, 5) is 0. The quantitative estimate of drug-likeness (QED) is 0.885. The molecule has 0 radical (unpaired) electrons. The summed E-state index contributed by atoms with van der Waals surface area (Å²) in [6.45, 7) is 0.529. The highest BCUT2D eigenvalue weighted by Crippen LogP contribution is 2.36. The van der Waals surface area contributed by atoms with E-state index in [-0.39, 0.29) is 5.56 Å². The molecule has 0 saturated heterocycles. The van der Waals surface area contributed by atoms with Crippen LogP contribution in [0, 0.1) is 0 Å². The molecule has 1 heterocycles. The monoisotopic (exact) mass is 255 g/mol. The molecule has 1 aromatic heterocycles. The van der Waals surface area contributed by atoms with Gasteiger partial charge >= 0.3 is 6.18 Å². The summed E-state index contributed by atoms with van der Waals surface area (Å²) < 4.78 is 38.5. The number of halogens is 3. The molecule has 2 N–H and O–H groups in total. The molecule has 0 aliphatic carbocycles. The van der Waals surface area contributed by atoms with Gasteiger partial charge in [-0.05, 0) is 19.2 Å². The predicted molar refractivity (Wildman–Crippen MR) is 61.8 cm³/mol. The summed E-state index contributed by atoms with van der Waals surface area (Å²) in [5, 5.41) is 9.52. The average Bonchev–Trinajstić information content (AvgIpc) is 2.77. The molecule has 0 unspecified atom stereocenters. The highest BCUT2D eigenvalue weighted by atomic mass is 19.4. The molecule has 2 rings (SSSR count). The lowest BCUT2D eigenvalue weighted by Gasteiger charge is -2.10. The molecular formula is C12H12F3N3. The van der Waals surface area contributed by atoms with Crippen LogP contribution < -0.4 is 5.32 Å². The number of alkyl halides is 3. The molecule has 0 amide bonds. The third-order valence-electron chi connectivity index (χ3n) is 2.51. The second-order valence-corrected chi connectivity index (χ2v) is 3.85. The Hall–Kier alpha value is -1.82. The maximum Gasteiger partial charge on any atom is 0.417 e. The molecule has 3 nitrogen and oxygen atoms in total. The maximum absolute atomic E-state index is 12.8. The van der Waals surface area contributed by atoms with Gasteiger partial charge in [0.1, 0.15) is 0 Å². The average molecular weight is 255 g/mol. The van der Waals surface area contributed by atoms with Crippen molar-refractivity contribution in [3.05, 3.63) is 41.6 Å². The van der Waals surface area contributed by atoms with Gasteiger partial charge in [-0.25, -0.2) is 0 Å². The Labute approximate surface area is 102 Å². The number of hydrogen-bond donors (Lipinski definition) is 2. The summed E-state index contributed by atoms with van der Waals surface area (Å²) >= 11 is 0. The number of benzene rings is 1. The number of H-pyrrole nitrogens is 1. The van der Waals surface area contributed by atoms with E-state index in [1.54, 1.807) is 19.2 Å². The van der Waals surface area contributed by atoms with Crippen LogP contribution in [-0.2, 0) is 12.7 Å². The van der Waals surface area contributed by atoms with Gasteiger partial charge in [-0.1, -0.05) is 18.2 Å². The van der Waals surface area contributed by atoms with Crippen molar-refractivity contribution in [2.45, 2.75) is 12.7 Å². The van der Waals surface area contributed by atoms with Crippen molar-refractivity contribution in [1.29, 1.82) is 0 Å². The first-order valence-electron chi connectivity index (χ1n) is 5.38. The molecular weight excluding hydrogens is 243 g/mol. The third-order valence-corrected chi connectivity index (χ3v) is 2.51. The highest BCUT2D eigenvalue weighted by Gasteiger charge is 2.33. The fraction of sp³-hybridized carbons (Fsp3) is 0.250. The lowest BCUT2D eigenvalue weighted by molar-refractivity contribution is -0.137. The molecule has 0 fully saturated rings. The van der Waals surface area contributed by atoms with Crippen LogP contribution in [0.5, 0.6) is 0 Å². The van der Waals surface area contributed by atoms with Gasteiger partial charge in [-0.2, -0.15) is 18.3 Å². The Balaban J connectivity index is 2.43. The Morgan fingerprint density at radius 2 is 2.00 bits per heavy atom. The SMILES string of the molecule is CNCc1cc(-c2ccccc2C(F)(F)F)n[nH]1. The maximum atomic E-state index is 12.8. The van der Waals surface area contributed by atoms with Crippen LogP contribution in [0.4, 0.5) is 13.2 Å². The summed E-state index contributed by atoms with van der Waals surface area (Å²) in [5.74, 6) is 0.